The minimum atomic E-state index is -4.39. The van der Waals surface area contributed by atoms with Crippen LogP contribution >= 0.6 is 11.8 Å². The van der Waals surface area contributed by atoms with Crippen molar-refractivity contribution in [2.75, 3.05) is 69.7 Å². The van der Waals surface area contributed by atoms with Gasteiger partial charge in [-0.05, 0) is 73.1 Å². The Kier molecular flexibility index (Phi) is 10.1. The Hall–Kier alpha value is -3.93. The molecule has 1 fully saturated rings. The summed E-state index contributed by atoms with van der Waals surface area (Å²) in [6, 6.07) is 23.6. The SMILES string of the molecule is CC(COc1cc2ccccc2cc1N)C(=O)OCCN1CCN(CCCN2c3ccccc3Sc3ccc(C(F)(F)F)cc32)CC1. The molecule has 4 aromatic rings. The normalized spacial score (nSPS) is 16.0. The molecule has 1 atom stereocenters. The largest absolute Gasteiger partial charge is 0.491 e. The molecule has 2 aliphatic heterocycles. The molecule has 7 nitrogen and oxygen atoms in total. The molecule has 248 valence electrons. The van der Waals surface area contributed by atoms with Gasteiger partial charge < -0.3 is 25.0 Å². The first kappa shape index (κ1) is 33.0. The first-order valence-electron chi connectivity index (χ1n) is 15.9. The summed E-state index contributed by atoms with van der Waals surface area (Å²) in [5.41, 5.74) is 7.61. The van der Waals surface area contributed by atoms with E-state index in [0.717, 1.165) is 71.5 Å². The molecule has 11 heteroatoms. The minimum absolute atomic E-state index is 0.178. The monoisotopic (exact) mass is 664 g/mol. The number of nitrogens with two attached hydrogens (primary N) is 1. The molecule has 47 heavy (non-hydrogen) atoms. The van der Waals surface area contributed by atoms with Gasteiger partial charge in [-0.2, -0.15) is 13.2 Å². The standard InChI is InChI=1S/C36H39F3N4O3S/c1-25(24-46-32-22-27-8-3-2-7-26(27)21-29(32)40)35(44)45-20-19-42-17-15-41(16-18-42)13-6-14-43-30-9-4-5-10-33(30)47-34-12-11-28(23-31(34)43)36(37,38)39/h2-5,7-12,21-23,25H,6,13-20,24,40H2,1H3. The number of para-hydroxylation sites is 1. The van der Waals surface area contributed by atoms with Gasteiger partial charge in [-0.15, -0.1) is 0 Å². The summed E-state index contributed by atoms with van der Waals surface area (Å²) in [7, 11) is 0. The molecule has 1 saturated heterocycles. The Bertz CT molecular complexity index is 1710. The average molecular weight is 665 g/mol. The summed E-state index contributed by atoms with van der Waals surface area (Å²) in [6.45, 7) is 7.89. The van der Waals surface area contributed by atoms with Crippen molar-refractivity contribution in [3.63, 3.8) is 0 Å². The zero-order valence-electron chi connectivity index (χ0n) is 26.3. The second-order valence-corrected chi connectivity index (χ2v) is 13.1. The minimum Gasteiger partial charge on any atom is -0.491 e. The van der Waals surface area contributed by atoms with E-state index in [1.165, 1.54) is 17.8 Å². The summed E-state index contributed by atoms with van der Waals surface area (Å²) < 4.78 is 52.0. The second kappa shape index (κ2) is 14.5. The number of piperazine rings is 1. The highest BCUT2D eigenvalue weighted by Gasteiger charge is 2.33. The molecule has 0 amide bonds. The molecule has 0 radical (unpaired) electrons. The van der Waals surface area contributed by atoms with E-state index < -0.39 is 17.7 Å². The van der Waals surface area contributed by atoms with Crippen molar-refractivity contribution >= 4 is 45.6 Å². The van der Waals surface area contributed by atoms with Gasteiger partial charge in [-0.1, -0.05) is 48.2 Å². The molecule has 6 rings (SSSR count). The summed E-state index contributed by atoms with van der Waals surface area (Å²) in [4.78, 5) is 21.2. The number of nitrogens with zero attached hydrogens (tertiary/aromatic N) is 3. The van der Waals surface area contributed by atoms with Gasteiger partial charge in [0, 0.05) is 49.1 Å². The maximum Gasteiger partial charge on any atom is 0.416 e. The van der Waals surface area contributed by atoms with Crippen LogP contribution in [-0.4, -0.2) is 74.8 Å². The third-order valence-electron chi connectivity index (χ3n) is 8.70. The highest BCUT2D eigenvalue weighted by atomic mass is 32.2. The lowest BCUT2D eigenvalue weighted by Gasteiger charge is -2.36. The fraction of sp³-hybridized carbons (Fsp3) is 0.361. The van der Waals surface area contributed by atoms with Gasteiger partial charge in [0.15, 0.2) is 0 Å². The van der Waals surface area contributed by atoms with Crippen molar-refractivity contribution in [2.24, 2.45) is 5.92 Å². The van der Waals surface area contributed by atoms with Gasteiger partial charge in [0.2, 0.25) is 0 Å². The average Bonchev–Trinajstić information content (AvgIpc) is 3.06. The first-order valence-corrected chi connectivity index (χ1v) is 16.8. The Labute approximate surface area is 277 Å². The molecule has 2 heterocycles. The molecule has 0 aromatic heterocycles. The van der Waals surface area contributed by atoms with E-state index >= 15 is 0 Å². The van der Waals surface area contributed by atoms with E-state index in [9.17, 15) is 18.0 Å². The number of anilines is 3. The molecule has 0 saturated carbocycles. The summed E-state index contributed by atoms with van der Waals surface area (Å²) in [5.74, 6) is -0.179. The Morgan fingerprint density at radius 2 is 1.51 bits per heavy atom. The van der Waals surface area contributed by atoms with Gasteiger partial charge in [0.1, 0.15) is 19.0 Å². The Balaban J connectivity index is 0.923. The number of hydrogen-bond acceptors (Lipinski definition) is 8. The molecule has 1 unspecified atom stereocenters. The maximum absolute atomic E-state index is 13.5. The number of alkyl halides is 3. The molecule has 2 N–H and O–H groups in total. The van der Waals surface area contributed by atoms with Crippen LogP contribution in [0.4, 0.5) is 30.2 Å². The fourth-order valence-corrected chi connectivity index (χ4v) is 7.07. The van der Waals surface area contributed by atoms with Crippen LogP contribution in [0.25, 0.3) is 10.8 Å². The van der Waals surface area contributed by atoms with Crippen LogP contribution in [0.1, 0.15) is 18.9 Å². The van der Waals surface area contributed by atoms with Gasteiger partial charge in [0.25, 0.3) is 0 Å². The summed E-state index contributed by atoms with van der Waals surface area (Å²) in [6.07, 6.45) is -3.57. The number of benzene rings is 4. The number of ether oxygens (including phenoxy) is 2. The quantitative estimate of drug-likeness (QED) is 0.132. The smallest absolute Gasteiger partial charge is 0.416 e. The Morgan fingerprint density at radius 3 is 2.26 bits per heavy atom. The summed E-state index contributed by atoms with van der Waals surface area (Å²) >= 11 is 1.51. The lowest BCUT2D eigenvalue weighted by atomic mass is 10.1. The molecular weight excluding hydrogens is 625 g/mol. The van der Waals surface area contributed by atoms with Gasteiger partial charge in [-0.3, -0.25) is 9.69 Å². The van der Waals surface area contributed by atoms with E-state index in [2.05, 4.69) is 9.80 Å². The highest BCUT2D eigenvalue weighted by Crippen LogP contribution is 2.49. The van der Waals surface area contributed by atoms with E-state index in [1.54, 1.807) is 13.0 Å². The molecule has 0 spiro atoms. The number of carbonyl (C=O) groups excluding carboxylic acids is 1. The highest BCUT2D eigenvalue weighted by molar-refractivity contribution is 7.99. The van der Waals surface area contributed by atoms with E-state index in [4.69, 9.17) is 15.2 Å². The Morgan fingerprint density at radius 1 is 0.851 bits per heavy atom. The predicted octanol–water partition coefficient (Wildman–Crippen LogP) is 7.31. The lowest BCUT2D eigenvalue weighted by Crippen LogP contribution is -2.47. The lowest BCUT2D eigenvalue weighted by molar-refractivity contribution is -0.149. The second-order valence-electron chi connectivity index (χ2n) is 12.1. The van der Waals surface area contributed by atoms with Crippen molar-refractivity contribution < 1.29 is 27.4 Å². The van der Waals surface area contributed by atoms with Crippen molar-refractivity contribution in [1.29, 1.82) is 0 Å². The van der Waals surface area contributed by atoms with Gasteiger partial charge >= 0.3 is 12.1 Å². The molecule has 0 bridgehead atoms. The molecular formula is C36H39F3N4O3S. The van der Waals surface area contributed by atoms with Crippen LogP contribution in [0.15, 0.2) is 88.7 Å². The molecule has 4 aromatic carbocycles. The van der Waals surface area contributed by atoms with Crippen molar-refractivity contribution in [3.8, 4) is 5.75 Å². The topological polar surface area (TPSA) is 71.3 Å². The number of hydrogen-bond donors (Lipinski definition) is 1. The predicted molar refractivity (Wildman–Crippen MR) is 180 cm³/mol. The van der Waals surface area contributed by atoms with Crippen molar-refractivity contribution in [2.45, 2.75) is 29.3 Å². The van der Waals surface area contributed by atoms with E-state index in [0.29, 0.717) is 36.8 Å². The van der Waals surface area contributed by atoms with Crippen LogP contribution in [0.5, 0.6) is 5.75 Å². The number of halogens is 3. The van der Waals surface area contributed by atoms with Crippen LogP contribution in [0, 0.1) is 5.92 Å². The fourth-order valence-electron chi connectivity index (χ4n) is 6.00. The number of nitrogen functional groups attached to an aromatic ring is 1. The number of fused-ring (bicyclic) bond motifs is 3. The zero-order chi connectivity index (χ0) is 33.0. The first-order chi connectivity index (χ1) is 22.7. The van der Waals surface area contributed by atoms with Crippen LogP contribution in [-0.2, 0) is 15.7 Å². The van der Waals surface area contributed by atoms with Gasteiger partial charge in [0.05, 0.1) is 28.5 Å². The van der Waals surface area contributed by atoms with Crippen molar-refractivity contribution in [1.82, 2.24) is 9.80 Å². The van der Waals surface area contributed by atoms with Crippen LogP contribution < -0.4 is 15.4 Å². The number of rotatable bonds is 11. The third-order valence-corrected chi connectivity index (χ3v) is 9.83. The number of esters is 1. The summed E-state index contributed by atoms with van der Waals surface area (Å²) in [5, 5.41) is 2.05. The molecule has 0 aliphatic carbocycles. The molecule has 2 aliphatic rings. The third kappa shape index (κ3) is 7.97. The van der Waals surface area contributed by atoms with E-state index in [1.807, 2.05) is 65.6 Å². The van der Waals surface area contributed by atoms with Gasteiger partial charge in [-0.25, -0.2) is 0 Å². The van der Waals surface area contributed by atoms with E-state index in [-0.39, 0.29) is 12.6 Å². The van der Waals surface area contributed by atoms with Crippen LogP contribution in [0.2, 0.25) is 0 Å². The van der Waals surface area contributed by atoms with Crippen LogP contribution in [0.3, 0.4) is 0 Å². The van der Waals surface area contributed by atoms with Crippen molar-refractivity contribution in [3.05, 3.63) is 84.4 Å². The number of carbonyl (C=O) groups is 1. The zero-order valence-corrected chi connectivity index (χ0v) is 27.2. The maximum atomic E-state index is 13.5.